The second kappa shape index (κ2) is 5.78. The van der Waals surface area contributed by atoms with E-state index in [1.807, 2.05) is 10.8 Å². The van der Waals surface area contributed by atoms with E-state index < -0.39 is 0 Å². The molecule has 2 rings (SSSR count). The monoisotopic (exact) mass is 263 g/mol. The Hall–Kier alpha value is -1.68. The summed E-state index contributed by atoms with van der Waals surface area (Å²) in [5.74, 6) is 0.737. The first-order valence-electron chi connectivity index (χ1n) is 5.85. The van der Waals surface area contributed by atoms with Crippen molar-refractivity contribution < 1.29 is 4.79 Å². The van der Waals surface area contributed by atoms with Gasteiger partial charge < -0.3 is 4.57 Å². The summed E-state index contributed by atoms with van der Waals surface area (Å²) in [6.45, 7) is 2.96. The second-order valence-electron chi connectivity index (χ2n) is 3.99. The first-order valence-corrected chi connectivity index (χ1v) is 6.23. The zero-order valence-electron chi connectivity index (χ0n) is 10.1. The fourth-order valence-corrected chi connectivity index (χ4v) is 2.02. The Labute approximate surface area is 111 Å². The summed E-state index contributed by atoms with van der Waals surface area (Å²) in [6.07, 6.45) is 7.92. The third kappa shape index (κ3) is 2.76. The molecule has 0 saturated carbocycles. The molecule has 0 aromatic carbocycles. The molecule has 94 valence electrons. The molecular weight excluding hydrogens is 250 g/mol. The predicted octanol–water partition coefficient (Wildman–Crippen LogP) is 2.77. The van der Waals surface area contributed by atoms with E-state index in [4.69, 9.17) is 11.6 Å². The van der Waals surface area contributed by atoms with Gasteiger partial charge in [-0.1, -0.05) is 18.5 Å². The molecule has 0 saturated heterocycles. The molecule has 0 aliphatic carbocycles. The maximum atomic E-state index is 12.1. The number of hydrogen-bond acceptors (Lipinski definition) is 3. The van der Waals surface area contributed by atoms with E-state index in [1.54, 1.807) is 18.5 Å². The van der Waals surface area contributed by atoms with Crippen LogP contribution in [0.1, 0.15) is 29.5 Å². The number of aromatic nitrogens is 3. The van der Waals surface area contributed by atoms with Crippen LogP contribution in [-0.4, -0.2) is 20.3 Å². The van der Waals surface area contributed by atoms with E-state index in [2.05, 4.69) is 16.9 Å². The summed E-state index contributed by atoms with van der Waals surface area (Å²) in [5.41, 5.74) is 0.498. The van der Waals surface area contributed by atoms with E-state index in [0.29, 0.717) is 10.6 Å². The van der Waals surface area contributed by atoms with Crippen molar-refractivity contribution >= 4 is 17.4 Å². The van der Waals surface area contributed by atoms with Crippen LogP contribution in [0.2, 0.25) is 5.02 Å². The number of imidazole rings is 1. The lowest BCUT2D eigenvalue weighted by Gasteiger charge is -2.06. The van der Waals surface area contributed by atoms with Crippen molar-refractivity contribution in [2.24, 2.45) is 0 Å². The molecule has 0 fully saturated rings. The van der Waals surface area contributed by atoms with Gasteiger partial charge in [-0.2, -0.15) is 0 Å². The fraction of sp³-hybridized carbons (Fsp3) is 0.308. The Kier molecular flexibility index (Phi) is 4.10. The Morgan fingerprint density at radius 2 is 2.28 bits per heavy atom. The SMILES string of the molecule is CCCn1ccnc1CC(=O)c1ccncc1Cl. The van der Waals surface area contributed by atoms with Crippen LogP contribution in [-0.2, 0) is 13.0 Å². The fourth-order valence-electron chi connectivity index (χ4n) is 1.79. The van der Waals surface area contributed by atoms with Crippen LogP contribution in [0, 0.1) is 0 Å². The number of aryl methyl sites for hydroxylation is 1. The molecular formula is C13H14ClN3O. The molecule has 0 spiro atoms. The lowest BCUT2D eigenvalue weighted by molar-refractivity contribution is 0.0989. The molecule has 18 heavy (non-hydrogen) atoms. The highest BCUT2D eigenvalue weighted by Crippen LogP contribution is 2.16. The van der Waals surface area contributed by atoms with E-state index in [9.17, 15) is 4.79 Å². The first kappa shape index (κ1) is 12.8. The van der Waals surface area contributed by atoms with Gasteiger partial charge in [-0.3, -0.25) is 9.78 Å². The Bertz CT molecular complexity index is 551. The maximum Gasteiger partial charge on any atom is 0.171 e. The second-order valence-corrected chi connectivity index (χ2v) is 4.40. The number of nitrogens with zero attached hydrogens (tertiary/aromatic N) is 3. The number of carbonyl (C=O) groups is 1. The van der Waals surface area contributed by atoms with E-state index in [-0.39, 0.29) is 12.2 Å². The van der Waals surface area contributed by atoms with Gasteiger partial charge in [0.25, 0.3) is 0 Å². The molecule has 0 aliphatic rings. The smallest absolute Gasteiger partial charge is 0.171 e. The van der Waals surface area contributed by atoms with Gasteiger partial charge in [0.1, 0.15) is 5.82 Å². The zero-order chi connectivity index (χ0) is 13.0. The van der Waals surface area contributed by atoms with Crippen molar-refractivity contribution in [3.63, 3.8) is 0 Å². The van der Waals surface area contributed by atoms with Gasteiger partial charge in [-0.25, -0.2) is 4.98 Å². The van der Waals surface area contributed by atoms with Crippen molar-refractivity contribution in [2.75, 3.05) is 0 Å². The van der Waals surface area contributed by atoms with Gasteiger partial charge in [0.2, 0.25) is 0 Å². The standard InChI is InChI=1S/C13H14ClN3O/c1-2-6-17-7-5-16-13(17)8-12(18)10-3-4-15-9-11(10)14/h3-5,7,9H,2,6,8H2,1H3. The minimum Gasteiger partial charge on any atom is -0.335 e. The molecule has 0 atom stereocenters. The maximum absolute atomic E-state index is 12.1. The van der Waals surface area contributed by atoms with Gasteiger partial charge in [0.15, 0.2) is 5.78 Å². The number of carbonyl (C=O) groups excluding carboxylic acids is 1. The van der Waals surface area contributed by atoms with Gasteiger partial charge >= 0.3 is 0 Å². The molecule has 0 N–H and O–H groups in total. The number of pyridine rings is 1. The Morgan fingerprint density at radius 1 is 1.44 bits per heavy atom. The van der Waals surface area contributed by atoms with Crippen molar-refractivity contribution in [1.82, 2.24) is 14.5 Å². The minimum atomic E-state index is -0.0362. The normalized spacial score (nSPS) is 10.6. The third-order valence-corrected chi connectivity index (χ3v) is 2.96. The minimum absolute atomic E-state index is 0.0362. The first-order chi connectivity index (χ1) is 8.72. The quantitative estimate of drug-likeness (QED) is 0.780. The highest BCUT2D eigenvalue weighted by molar-refractivity contribution is 6.33. The van der Waals surface area contributed by atoms with Crippen molar-refractivity contribution in [2.45, 2.75) is 26.3 Å². The van der Waals surface area contributed by atoms with Gasteiger partial charge in [0, 0.05) is 36.9 Å². The number of hydrogen-bond donors (Lipinski definition) is 0. The zero-order valence-corrected chi connectivity index (χ0v) is 10.9. The number of ketones is 1. The van der Waals surface area contributed by atoms with Gasteiger partial charge in [0.05, 0.1) is 11.4 Å². The molecule has 0 radical (unpaired) electrons. The van der Waals surface area contributed by atoms with Crippen LogP contribution in [0.15, 0.2) is 30.9 Å². The Balaban J connectivity index is 2.17. The highest BCUT2D eigenvalue weighted by Gasteiger charge is 2.13. The summed E-state index contributed by atoms with van der Waals surface area (Å²) in [6, 6.07) is 1.64. The van der Waals surface area contributed by atoms with Crippen LogP contribution < -0.4 is 0 Å². The summed E-state index contributed by atoms with van der Waals surface area (Å²) in [4.78, 5) is 20.2. The molecule has 0 bridgehead atoms. The largest absolute Gasteiger partial charge is 0.335 e. The van der Waals surface area contributed by atoms with Crippen molar-refractivity contribution in [1.29, 1.82) is 0 Å². The van der Waals surface area contributed by atoms with E-state index >= 15 is 0 Å². The lowest BCUT2D eigenvalue weighted by atomic mass is 10.1. The summed E-state index contributed by atoms with van der Waals surface area (Å²) in [7, 11) is 0. The van der Waals surface area contributed by atoms with Crippen molar-refractivity contribution in [3.8, 4) is 0 Å². The van der Waals surface area contributed by atoms with E-state index in [0.717, 1.165) is 18.8 Å². The predicted molar refractivity (Wildman–Crippen MR) is 69.8 cm³/mol. The third-order valence-electron chi connectivity index (χ3n) is 2.66. The molecule has 0 unspecified atom stereocenters. The topological polar surface area (TPSA) is 47.8 Å². The molecule has 2 aromatic heterocycles. The summed E-state index contributed by atoms with van der Waals surface area (Å²) in [5, 5.41) is 0.385. The average Bonchev–Trinajstić information content (AvgIpc) is 2.78. The summed E-state index contributed by atoms with van der Waals surface area (Å²) >= 11 is 5.95. The number of Topliss-reactive ketones (excluding diaryl/α,β-unsaturated/α-hetero) is 1. The number of halogens is 1. The molecule has 2 aromatic rings. The molecule has 0 amide bonds. The van der Waals surface area contributed by atoms with Gasteiger partial charge in [-0.05, 0) is 12.5 Å². The molecule has 4 nitrogen and oxygen atoms in total. The Morgan fingerprint density at radius 3 is 3.00 bits per heavy atom. The van der Waals surface area contributed by atoms with Crippen LogP contribution in [0.4, 0.5) is 0 Å². The van der Waals surface area contributed by atoms with Crippen LogP contribution >= 0.6 is 11.6 Å². The number of rotatable bonds is 5. The highest BCUT2D eigenvalue weighted by atomic mass is 35.5. The summed E-state index contributed by atoms with van der Waals surface area (Å²) < 4.78 is 1.99. The molecule has 0 aliphatic heterocycles. The van der Waals surface area contributed by atoms with Crippen LogP contribution in [0.25, 0.3) is 0 Å². The van der Waals surface area contributed by atoms with Crippen LogP contribution in [0.3, 0.4) is 0 Å². The van der Waals surface area contributed by atoms with Crippen molar-refractivity contribution in [3.05, 3.63) is 47.3 Å². The van der Waals surface area contributed by atoms with Crippen LogP contribution in [0.5, 0.6) is 0 Å². The molecule has 5 heteroatoms. The lowest BCUT2D eigenvalue weighted by Crippen LogP contribution is -2.10. The van der Waals surface area contributed by atoms with Gasteiger partial charge in [-0.15, -0.1) is 0 Å². The average molecular weight is 264 g/mol. The van der Waals surface area contributed by atoms with E-state index in [1.165, 1.54) is 6.20 Å². The molecule has 2 heterocycles.